The van der Waals surface area contributed by atoms with Crippen molar-refractivity contribution in [1.29, 1.82) is 0 Å². The minimum Gasteiger partial charge on any atom is -0.487 e. The van der Waals surface area contributed by atoms with Crippen LogP contribution < -0.4 is 10.5 Å². The molecule has 0 saturated heterocycles. The molecule has 1 saturated carbocycles. The summed E-state index contributed by atoms with van der Waals surface area (Å²) in [6.45, 7) is 4.32. The maximum absolute atomic E-state index is 6.05. The fourth-order valence-electron chi connectivity index (χ4n) is 2.30. The molecule has 1 aliphatic carbocycles. The summed E-state index contributed by atoms with van der Waals surface area (Å²) in [6, 6.07) is 6.22. The smallest absolute Gasteiger partial charge is 0.128 e. The molecule has 4 heteroatoms. The molecule has 0 aromatic heterocycles. The van der Waals surface area contributed by atoms with E-state index in [1.54, 1.807) is 7.11 Å². The lowest BCUT2D eigenvalue weighted by Gasteiger charge is -2.41. The van der Waals surface area contributed by atoms with Gasteiger partial charge in [-0.05, 0) is 29.7 Å². The van der Waals surface area contributed by atoms with E-state index in [9.17, 15) is 0 Å². The van der Waals surface area contributed by atoms with Crippen LogP contribution in [0, 0.1) is 0 Å². The predicted molar refractivity (Wildman–Crippen MR) is 76.0 cm³/mol. The number of benzene rings is 1. The number of rotatable bonds is 4. The second-order valence-corrected chi connectivity index (χ2v) is 6.01. The third kappa shape index (κ3) is 2.71. The lowest BCUT2D eigenvalue weighted by Crippen LogP contribution is -2.59. The maximum Gasteiger partial charge on any atom is 0.128 e. The van der Waals surface area contributed by atoms with Crippen LogP contribution in [0.25, 0.3) is 0 Å². The molecule has 0 heterocycles. The third-order valence-corrected chi connectivity index (χ3v) is 3.93. The first-order valence-electron chi connectivity index (χ1n) is 6.27. The van der Waals surface area contributed by atoms with Gasteiger partial charge in [0.1, 0.15) is 18.0 Å². The molecule has 2 N–H and O–H groups in total. The summed E-state index contributed by atoms with van der Waals surface area (Å²) in [7, 11) is 1.69. The van der Waals surface area contributed by atoms with Crippen LogP contribution >= 0.6 is 15.9 Å². The number of ether oxygens (including phenoxy) is 2. The Morgan fingerprint density at radius 1 is 1.39 bits per heavy atom. The molecule has 1 fully saturated rings. The summed E-state index contributed by atoms with van der Waals surface area (Å²) in [6.07, 6.45) is 0.934. The molecule has 1 aromatic carbocycles. The number of hydrogen-bond donors (Lipinski definition) is 1. The van der Waals surface area contributed by atoms with Crippen molar-refractivity contribution in [2.75, 3.05) is 7.11 Å². The Hall–Kier alpha value is -0.580. The highest BCUT2D eigenvalue weighted by atomic mass is 79.9. The van der Waals surface area contributed by atoms with E-state index in [0.717, 1.165) is 16.6 Å². The van der Waals surface area contributed by atoms with E-state index in [-0.39, 0.29) is 18.2 Å². The van der Waals surface area contributed by atoms with Crippen molar-refractivity contribution in [2.24, 2.45) is 5.73 Å². The Kier molecular flexibility index (Phi) is 4.30. The van der Waals surface area contributed by atoms with E-state index in [1.165, 1.54) is 5.56 Å². The van der Waals surface area contributed by atoms with Crippen LogP contribution in [-0.2, 0) is 4.74 Å². The van der Waals surface area contributed by atoms with E-state index >= 15 is 0 Å². The van der Waals surface area contributed by atoms with Crippen molar-refractivity contribution < 1.29 is 9.47 Å². The van der Waals surface area contributed by atoms with Gasteiger partial charge in [0.2, 0.25) is 0 Å². The van der Waals surface area contributed by atoms with Crippen molar-refractivity contribution >= 4 is 15.9 Å². The summed E-state index contributed by atoms with van der Waals surface area (Å²) in [5.74, 6) is 1.36. The first kappa shape index (κ1) is 13.8. The van der Waals surface area contributed by atoms with Gasteiger partial charge in [0.25, 0.3) is 0 Å². The minimum atomic E-state index is 0.00802. The lowest BCUT2D eigenvalue weighted by molar-refractivity contribution is -0.0785. The van der Waals surface area contributed by atoms with Crippen LogP contribution in [0.2, 0.25) is 0 Å². The SMILES string of the molecule is COC1C(N)CC1Oc1ccc(Br)cc1C(C)C. The van der Waals surface area contributed by atoms with Crippen LogP contribution in [0.15, 0.2) is 22.7 Å². The van der Waals surface area contributed by atoms with E-state index < -0.39 is 0 Å². The molecular formula is C14H20BrNO2. The van der Waals surface area contributed by atoms with Gasteiger partial charge in [-0.3, -0.25) is 0 Å². The van der Waals surface area contributed by atoms with Crippen LogP contribution in [0.4, 0.5) is 0 Å². The molecule has 0 aliphatic heterocycles. The molecule has 3 atom stereocenters. The third-order valence-electron chi connectivity index (χ3n) is 3.44. The molecule has 3 nitrogen and oxygen atoms in total. The second-order valence-electron chi connectivity index (χ2n) is 5.09. The molecule has 2 rings (SSSR count). The van der Waals surface area contributed by atoms with Gasteiger partial charge in [-0.15, -0.1) is 0 Å². The zero-order valence-corrected chi connectivity index (χ0v) is 12.6. The van der Waals surface area contributed by atoms with Gasteiger partial charge >= 0.3 is 0 Å². The highest BCUT2D eigenvalue weighted by Crippen LogP contribution is 2.34. The zero-order valence-electron chi connectivity index (χ0n) is 11.0. The Morgan fingerprint density at radius 2 is 2.11 bits per heavy atom. The molecule has 1 aliphatic rings. The van der Waals surface area contributed by atoms with Crippen molar-refractivity contribution in [3.63, 3.8) is 0 Å². The Bertz CT molecular complexity index is 422. The summed E-state index contributed by atoms with van der Waals surface area (Å²) in [5, 5.41) is 0. The maximum atomic E-state index is 6.05. The molecule has 0 spiro atoms. The van der Waals surface area contributed by atoms with E-state index in [4.69, 9.17) is 15.2 Å². The van der Waals surface area contributed by atoms with E-state index in [1.807, 2.05) is 12.1 Å². The topological polar surface area (TPSA) is 44.5 Å². The van der Waals surface area contributed by atoms with Gasteiger partial charge in [-0.1, -0.05) is 29.8 Å². The van der Waals surface area contributed by atoms with E-state index in [2.05, 4.69) is 35.8 Å². The van der Waals surface area contributed by atoms with Gasteiger partial charge < -0.3 is 15.2 Å². The summed E-state index contributed by atoms with van der Waals surface area (Å²) >= 11 is 3.50. The van der Waals surface area contributed by atoms with Crippen molar-refractivity contribution in [3.05, 3.63) is 28.2 Å². The largest absolute Gasteiger partial charge is 0.487 e. The normalized spacial score (nSPS) is 27.1. The van der Waals surface area contributed by atoms with Crippen LogP contribution in [-0.4, -0.2) is 25.4 Å². The van der Waals surface area contributed by atoms with Crippen LogP contribution in [0.3, 0.4) is 0 Å². The molecule has 3 unspecified atom stereocenters. The fourth-order valence-corrected chi connectivity index (χ4v) is 2.68. The zero-order chi connectivity index (χ0) is 13.3. The number of nitrogens with two attached hydrogens (primary N) is 1. The highest BCUT2D eigenvalue weighted by molar-refractivity contribution is 9.10. The first-order valence-corrected chi connectivity index (χ1v) is 7.06. The summed E-state index contributed by atoms with van der Waals surface area (Å²) in [5.41, 5.74) is 7.09. The highest BCUT2D eigenvalue weighted by Gasteiger charge is 2.41. The van der Waals surface area contributed by atoms with Gasteiger partial charge in [-0.2, -0.15) is 0 Å². The summed E-state index contributed by atoms with van der Waals surface area (Å²) in [4.78, 5) is 0. The van der Waals surface area contributed by atoms with Crippen molar-refractivity contribution in [3.8, 4) is 5.75 Å². The molecular weight excluding hydrogens is 294 g/mol. The number of methoxy groups -OCH3 is 1. The molecule has 18 heavy (non-hydrogen) atoms. The Labute approximate surface area is 117 Å². The molecule has 100 valence electrons. The monoisotopic (exact) mass is 313 g/mol. The molecule has 0 radical (unpaired) electrons. The Morgan fingerprint density at radius 3 is 2.67 bits per heavy atom. The average Bonchev–Trinajstić information content (AvgIpc) is 2.30. The fraction of sp³-hybridized carbons (Fsp3) is 0.571. The van der Waals surface area contributed by atoms with Gasteiger partial charge in [0.15, 0.2) is 0 Å². The van der Waals surface area contributed by atoms with Gasteiger partial charge in [0.05, 0.1) is 0 Å². The lowest BCUT2D eigenvalue weighted by atomic mass is 9.86. The van der Waals surface area contributed by atoms with Crippen molar-refractivity contribution in [2.45, 2.75) is 44.4 Å². The van der Waals surface area contributed by atoms with Crippen molar-refractivity contribution in [1.82, 2.24) is 0 Å². The van der Waals surface area contributed by atoms with Gasteiger partial charge in [-0.25, -0.2) is 0 Å². The molecule has 1 aromatic rings. The number of halogens is 1. The standard InChI is InChI=1S/C14H20BrNO2/c1-8(2)10-6-9(15)4-5-12(10)18-13-7-11(16)14(13)17-3/h4-6,8,11,13-14H,7,16H2,1-3H3. The molecule has 0 bridgehead atoms. The predicted octanol–water partition coefficient (Wildman–Crippen LogP) is 3.07. The average molecular weight is 314 g/mol. The minimum absolute atomic E-state index is 0.00802. The number of hydrogen-bond acceptors (Lipinski definition) is 3. The van der Waals surface area contributed by atoms with Crippen LogP contribution in [0.1, 0.15) is 31.7 Å². The summed E-state index contributed by atoms with van der Waals surface area (Å²) < 4.78 is 12.5. The quantitative estimate of drug-likeness (QED) is 0.929. The molecule has 0 amide bonds. The van der Waals surface area contributed by atoms with E-state index in [0.29, 0.717) is 5.92 Å². The first-order chi connectivity index (χ1) is 8.52. The van der Waals surface area contributed by atoms with Crippen LogP contribution in [0.5, 0.6) is 5.75 Å². The Balaban J connectivity index is 2.14. The van der Waals surface area contributed by atoms with Gasteiger partial charge in [0, 0.05) is 24.0 Å². The second kappa shape index (κ2) is 5.59.